The number of carboxylic acid groups (broad SMARTS) is 1. The highest BCUT2D eigenvalue weighted by Crippen LogP contribution is 2.29. The molecule has 1 aromatic carbocycles. The van der Waals surface area contributed by atoms with E-state index >= 15 is 0 Å². The van der Waals surface area contributed by atoms with Crippen LogP contribution in [0.15, 0.2) is 48.8 Å². The number of hydrogen-bond donors (Lipinski definition) is 2. The first-order valence-corrected chi connectivity index (χ1v) is 8.39. The quantitative estimate of drug-likeness (QED) is 0.812. The van der Waals surface area contributed by atoms with Gasteiger partial charge in [0.1, 0.15) is 0 Å². The van der Waals surface area contributed by atoms with E-state index in [0.29, 0.717) is 6.54 Å². The van der Waals surface area contributed by atoms with Gasteiger partial charge in [-0.15, -0.1) is 0 Å². The number of pyridine rings is 1. The second-order valence-electron chi connectivity index (χ2n) is 6.18. The molecule has 1 aliphatic carbocycles. The number of carboxylic acids is 1. The molecule has 0 aliphatic heterocycles. The molecular formula is C19H21N3O3. The van der Waals surface area contributed by atoms with Crippen LogP contribution in [0.5, 0.6) is 0 Å². The molecule has 25 heavy (non-hydrogen) atoms. The van der Waals surface area contributed by atoms with E-state index in [0.717, 1.165) is 29.5 Å². The summed E-state index contributed by atoms with van der Waals surface area (Å²) in [4.78, 5) is 28.9. The Labute approximate surface area is 146 Å². The lowest BCUT2D eigenvalue weighted by molar-refractivity contribution is -0.136. The van der Waals surface area contributed by atoms with Gasteiger partial charge < -0.3 is 15.3 Å². The van der Waals surface area contributed by atoms with Crippen molar-refractivity contribution in [2.75, 3.05) is 6.54 Å². The fourth-order valence-electron chi connectivity index (χ4n) is 2.71. The molecule has 0 saturated heterocycles. The number of aliphatic carboxylic acids is 1. The molecule has 6 heteroatoms. The first-order valence-electron chi connectivity index (χ1n) is 8.39. The SMILES string of the molecule is O=C(O)CCNC(=O)N(Cc1cccc(-c2cccnc2)c1)C1CC1. The zero-order valence-corrected chi connectivity index (χ0v) is 13.9. The van der Waals surface area contributed by atoms with Crippen molar-refractivity contribution in [1.29, 1.82) is 0 Å². The molecule has 130 valence electrons. The second kappa shape index (κ2) is 7.79. The van der Waals surface area contributed by atoms with Gasteiger partial charge in [0, 0.05) is 31.5 Å². The van der Waals surface area contributed by atoms with Crippen molar-refractivity contribution in [3.05, 3.63) is 54.4 Å². The van der Waals surface area contributed by atoms with Gasteiger partial charge in [0.05, 0.1) is 6.42 Å². The van der Waals surface area contributed by atoms with Crippen molar-refractivity contribution in [3.8, 4) is 11.1 Å². The largest absolute Gasteiger partial charge is 0.481 e. The molecule has 6 nitrogen and oxygen atoms in total. The van der Waals surface area contributed by atoms with E-state index in [1.165, 1.54) is 0 Å². The number of rotatable bonds is 7. The first kappa shape index (κ1) is 17.0. The number of hydrogen-bond acceptors (Lipinski definition) is 3. The molecular weight excluding hydrogens is 318 g/mol. The predicted octanol–water partition coefficient (Wildman–Crippen LogP) is 2.90. The summed E-state index contributed by atoms with van der Waals surface area (Å²) in [5, 5.41) is 11.4. The molecule has 0 unspecified atom stereocenters. The molecule has 0 bridgehead atoms. The summed E-state index contributed by atoms with van der Waals surface area (Å²) in [5.74, 6) is -0.914. The van der Waals surface area contributed by atoms with Crippen molar-refractivity contribution in [3.63, 3.8) is 0 Å². The number of carbonyl (C=O) groups excluding carboxylic acids is 1. The van der Waals surface area contributed by atoms with Crippen LogP contribution in [0.25, 0.3) is 11.1 Å². The standard InChI is InChI=1S/C19H21N3O3/c23-18(24)8-10-21-19(25)22(17-6-7-17)13-14-3-1-4-15(11-14)16-5-2-9-20-12-16/h1-5,9,11-12,17H,6-8,10,13H2,(H,21,25)(H,23,24). The third kappa shape index (κ3) is 4.79. The van der Waals surface area contributed by atoms with Crippen LogP contribution in [0.4, 0.5) is 4.79 Å². The van der Waals surface area contributed by atoms with E-state index in [4.69, 9.17) is 5.11 Å². The van der Waals surface area contributed by atoms with Crippen molar-refractivity contribution in [2.24, 2.45) is 0 Å². The fourth-order valence-corrected chi connectivity index (χ4v) is 2.71. The van der Waals surface area contributed by atoms with Crippen molar-refractivity contribution >= 4 is 12.0 Å². The van der Waals surface area contributed by atoms with Crippen LogP contribution < -0.4 is 5.32 Å². The smallest absolute Gasteiger partial charge is 0.317 e. The van der Waals surface area contributed by atoms with E-state index in [2.05, 4.69) is 16.4 Å². The number of carbonyl (C=O) groups is 2. The van der Waals surface area contributed by atoms with Gasteiger partial charge >= 0.3 is 12.0 Å². The molecule has 2 aromatic rings. The molecule has 2 N–H and O–H groups in total. The molecule has 1 fully saturated rings. The van der Waals surface area contributed by atoms with Gasteiger partial charge in [0.15, 0.2) is 0 Å². The maximum atomic E-state index is 12.4. The van der Waals surface area contributed by atoms with Crippen molar-refractivity contribution in [2.45, 2.75) is 31.8 Å². The Morgan fingerprint density at radius 3 is 2.68 bits per heavy atom. The minimum Gasteiger partial charge on any atom is -0.481 e. The van der Waals surface area contributed by atoms with E-state index in [1.807, 2.05) is 36.5 Å². The van der Waals surface area contributed by atoms with E-state index < -0.39 is 5.97 Å². The van der Waals surface area contributed by atoms with E-state index in [-0.39, 0.29) is 25.0 Å². The highest BCUT2D eigenvalue weighted by Gasteiger charge is 2.32. The highest BCUT2D eigenvalue weighted by molar-refractivity contribution is 5.76. The maximum absolute atomic E-state index is 12.4. The van der Waals surface area contributed by atoms with Crippen LogP contribution in [0, 0.1) is 0 Å². The second-order valence-corrected chi connectivity index (χ2v) is 6.18. The van der Waals surface area contributed by atoms with Gasteiger partial charge in [-0.1, -0.05) is 24.3 Å². The normalized spacial score (nSPS) is 13.3. The summed E-state index contributed by atoms with van der Waals surface area (Å²) >= 11 is 0. The Kier molecular flexibility index (Phi) is 5.28. The number of nitrogens with zero attached hydrogens (tertiary/aromatic N) is 2. The molecule has 0 atom stereocenters. The van der Waals surface area contributed by atoms with Crippen LogP contribution in [0.2, 0.25) is 0 Å². The van der Waals surface area contributed by atoms with Gasteiger partial charge in [-0.2, -0.15) is 0 Å². The number of nitrogens with one attached hydrogen (secondary N) is 1. The predicted molar refractivity (Wildman–Crippen MR) is 93.9 cm³/mol. The summed E-state index contributed by atoms with van der Waals surface area (Å²) in [7, 11) is 0. The Hall–Kier alpha value is -2.89. The minimum atomic E-state index is -0.914. The Morgan fingerprint density at radius 2 is 2.00 bits per heavy atom. The topological polar surface area (TPSA) is 82.5 Å². The summed E-state index contributed by atoms with van der Waals surface area (Å²) in [6.07, 6.45) is 5.48. The third-order valence-electron chi connectivity index (χ3n) is 4.14. The number of amides is 2. The van der Waals surface area contributed by atoms with Crippen LogP contribution in [0.3, 0.4) is 0 Å². The monoisotopic (exact) mass is 339 g/mol. The van der Waals surface area contributed by atoms with Gasteiger partial charge in [-0.25, -0.2) is 4.79 Å². The average Bonchev–Trinajstić information content (AvgIpc) is 3.45. The van der Waals surface area contributed by atoms with Gasteiger partial charge in [-0.05, 0) is 41.7 Å². The summed E-state index contributed by atoms with van der Waals surface area (Å²) in [6, 6.07) is 12.0. The van der Waals surface area contributed by atoms with Gasteiger partial charge in [-0.3, -0.25) is 9.78 Å². The third-order valence-corrected chi connectivity index (χ3v) is 4.14. The highest BCUT2D eigenvalue weighted by atomic mass is 16.4. The van der Waals surface area contributed by atoms with Crippen LogP contribution in [0.1, 0.15) is 24.8 Å². The zero-order valence-electron chi connectivity index (χ0n) is 13.9. The van der Waals surface area contributed by atoms with Crippen LogP contribution >= 0.6 is 0 Å². The van der Waals surface area contributed by atoms with Crippen molar-refractivity contribution in [1.82, 2.24) is 15.2 Å². The number of aromatic nitrogens is 1. The van der Waals surface area contributed by atoms with Crippen molar-refractivity contribution < 1.29 is 14.7 Å². The van der Waals surface area contributed by atoms with Crippen LogP contribution in [-0.4, -0.2) is 39.6 Å². The van der Waals surface area contributed by atoms with E-state index in [9.17, 15) is 9.59 Å². The Bertz CT molecular complexity index is 745. The lowest BCUT2D eigenvalue weighted by Gasteiger charge is -2.23. The molecule has 3 rings (SSSR count). The molecule has 2 amide bonds. The lowest BCUT2D eigenvalue weighted by atomic mass is 10.0. The number of urea groups is 1. The lowest BCUT2D eigenvalue weighted by Crippen LogP contribution is -2.41. The first-order chi connectivity index (χ1) is 12.1. The van der Waals surface area contributed by atoms with Gasteiger partial charge in [0.2, 0.25) is 0 Å². The molecule has 1 heterocycles. The molecule has 0 radical (unpaired) electrons. The average molecular weight is 339 g/mol. The molecule has 0 spiro atoms. The molecule has 1 aromatic heterocycles. The zero-order chi connectivity index (χ0) is 17.6. The molecule has 1 saturated carbocycles. The van der Waals surface area contributed by atoms with Gasteiger partial charge in [0.25, 0.3) is 0 Å². The summed E-state index contributed by atoms with van der Waals surface area (Å²) in [6.45, 7) is 0.658. The Morgan fingerprint density at radius 1 is 1.20 bits per heavy atom. The maximum Gasteiger partial charge on any atom is 0.317 e. The summed E-state index contributed by atoms with van der Waals surface area (Å²) in [5.41, 5.74) is 3.14. The molecule has 1 aliphatic rings. The minimum absolute atomic E-state index is 0.0687. The van der Waals surface area contributed by atoms with Crippen LogP contribution in [-0.2, 0) is 11.3 Å². The number of benzene rings is 1. The Balaban J connectivity index is 1.68. The summed E-state index contributed by atoms with van der Waals surface area (Å²) < 4.78 is 0. The fraction of sp³-hybridized carbons (Fsp3) is 0.316. The van der Waals surface area contributed by atoms with E-state index in [1.54, 1.807) is 11.1 Å².